The third kappa shape index (κ3) is 11.5. The van der Waals surface area contributed by atoms with Crippen LogP contribution in [0.3, 0.4) is 0 Å². The highest BCUT2D eigenvalue weighted by atomic mass is 28.3. The number of benzene rings is 1. The predicted octanol–water partition coefficient (Wildman–Crippen LogP) is 8.66. The summed E-state index contributed by atoms with van der Waals surface area (Å²) in [5.41, 5.74) is 5.44. The number of hydrogen-bond donors (Lipinski definition) is 0. The molecule has 292 valence electrons. The molecule has 0 amide bonds. The maximum Gasteiger partial charge on any atom is 0.347 e. The van der Waals surface area contributed by atoms with Crippen molar-refractivity contribution in [2.45, 2.75) is 103 Å². The third-order valence-corrected chi connectivity index (χ3v) is 13.3. The van der Waals surface area contributed by atoms with Gasteiger partial charge < -0.3 is 23.8 Å². The van der Waals surface area contributed by atoms with E-state index in [1.165, 1.54) is 6.92 Å². The fourth-order valence-corrected chi connectivity index (χ4v) is 8.18. The van der Waals surface area contributed by atoms with E-state index in [2.05, 4.69) is 68.4 Å². The fourth-order valence-electron chi connectivity index (χ4n) is 6.67. The fraction of sp³-hybridized carbons (Fsp3) is 0.537. The Bertz CT molecular complexity index is 1790. The molecule has 1 aromatic carbocycles. The van der Waals surface area contributed by atoms with E-state index in [1.54, 1.807) is 6.92 Å². The first-order chi connectivity index (χ1) is 25.7. The zero-order valence-corrected chi connectivity index (χ0v) is 35.5. The number of carbonyl (C=O) groups excluding carboxylic acids is 2. The van der Waals surface area contributed by atoms with Gasteiger partial charge in [-0.05, 0) is 50.8 Å². The van der Waals surface area contributed by atoms with E-state index < -0.39 is 34.2 Å². The zero-order chi connectivity index (χ0) is 38.9. The number of ether oxygens (including phenoxy) is 4. The quantitative estimate of drug-likeness (QED) is 0.0421. The molecule has 1 unspecified atom stereocenters. The summed E-state index contributed by atoms with van der Waals surface area (Å²) in [5.74, 6) is -0.113. The lowest BCUT2D eigenvalue weighted by molar-refractivity contribution is -0.171. The number of esters is 2. The van der Waals surface area contributed by atoms with Gasteiger partial charge in [0, 0.05) is 82.8 Å². The minimum atomic E-state index is -1.29. The molecular formula is C41H59N5O6Si2. The van der Waals surface area contributed by atoms with Crippen LogP contribution in [-0.4, -0.2) is 87.1 Å². The van der Waals surface area contributed by atoms with Crippen LogP contribution in [0.5, 0.6) is 0 Å². The van der Waals surface area contributed by atoms with Gasteiger partial charge >= 0.3 is 11.9 Å². The van der Waals surface area contributed by atoms with Crippen LogP contribution in [0.25, 0.3) is 28.0 Å². The normalized spacial score (nSPS) is 17.0. The molecule has 13 heteroatoms. The molecule has 0 aliphatic heterocycles. The van der Waals surface area contributed by atoms with E-state index in [1.807, 2.05) is 41.2 Å². The van der Waals surface area contributed by atoms with Crippen molar-refractivity contribution >= 4 is 39.6 Å². The monoisotopic (exact) mass is 773 g/mol. The summed E-state index contributed by atoms with van der Waals surface area (Å²) in [6.45, 7) is 19.5. The van der Waals surface area contributed by atoms with Gasteiger partial charge in [0.25, 0.3) is 0 Å². The molecule has 0 saturated heterocycles. The van der Waals surface area contributed by atoms with Gasteiger partial charge in [0.15, 0.2) is 5.65 Å². The van der Waals surface area contributed by atoms with E-state index in [4.69, 9.17) is 34.0 Å². The molecular weight excluding hydrogens is 715 g/mol. The highest BCUT2D eigenvalue weighted by molar-refractivity contribution is 6.76. The first-order valence-corrected chi connectivity index (χ1v) is 26.8. The van der Waals surface area contributed by atoms with Crippen molar-refractivity contribution in [1.29, 1.82) is 0 Å². The molecule has 1 fully saturated rings. The maximum atomic E-state index is 12.8. The molecule has 1 atom stereocenters. The highest BCUT2D eigenvalue weighted by Crippen LogP contribution is 2.39. The summed E-state index contributed by atoms with van der Waals surface area (Å²) in [6, 6.07) is 18.5. The number of aromatic nitrogens is 4. The van der Waals surface area contributed by atoms with Gasteiger partial charge in [-0.3, -0.25) is 9.78 Å². The second-order valence-corrected chi connectivity index (χ2v) is 28.0. The van der Waals surface area contributed by atoms with Crippen LogP contribution in [0.1, 0.15) is 51.1 Å². The first-order valence-electron chi connectivity index (χ1n) is 19.4. The Labute approximate surface area is 322 Å². The standard InChI is InChI=1S/C41H59N5O6Si2/c1-9-51-41(48)39(52-30(2)47)33-17-15-32(16-18-33)37-25-38(45(28-49-21-23-53(3,4)5)29-50-22-24-54(6,7)8)46-40(44-37)35(27-43-46)34-19-20-36(42-26-34)31-13-11-10-12-14-31/h10-14,19-20,25-27,32-33,39H,9,15-18,21-24,28-29H2,1-8H3. The first kappa shape index (κ1) is 41.3. The number of pyridine rings is 1. The van der Waals surface area contributed by atoms with Gasteiger partial charge in [0.1, 0.15) is 19.3 Å². The Balaban J connectivity index is 1.50. The molecule has 1 aliphatic carbocycles. The lowest BCUT2D eigenvalue weighted by atomic mass is 9.78. The zero-order valence-electron chi connectivity index (χ0n) is 33.5. The van der Waals surface area contributed by atoms with Crippen molar-refractivity contribution in [1.82, 2.24) is 19.6 Å². The molecule has 0 spiro atoms. The maximum absolute atomic E-state index is 12.8. The minimum absolute atomic E-state index is 0.119. The molecule has 0 bridgehead atoms. The third-order valence-electron chi connectivity index (χ3n) is 9.86. The molecule has 4 aromatic rings. The molecule has 3 aromatic heterocycles. The average Bonchev–Trinajstić information content (AvgIpc) is 3.57. The topological polar surface area (TPSA) is 117 Å². The van der Waals surface area contributed by atoms with Crippen molar-refractivity contribution in [3.63, 3.8) is 0 Å². The van der Waals surface area contributed by atoms with Crippen LogP contribution in [0, 0.1) is 5.92 Å². The van der Waals surface area contributed by atoms with Gasteiger partial charge in [-0.1, -0.05) is 75.7 Å². The summed E-state index contributed by atoms with van der Waals surface area (Å²) in [5, 5.41) is 4.90. The number of fused-ring (bicyclic) bond motifs is 1. The minimum Gasteiger partial charge on any atom is -0.463 e. The van der Waals surface area contributed by atoms with E-state index in [9.17, 15) is 9.59 Å². The number of carbonyl (C=O) groups is 2. The van der Waals surface area contributed by atoms with Crippen molar-refractivity contribution < 1.29 is 28.5 Å². The summed E-state index contributed by atoms with van der Waals surface area (Å²) < 4.78 is 25.4. The van der Waals surface area contributed by atoms with E-state index in [-0.39, 0.29) is 18.4 Å². The highest BCUT2D eigenvalue weighted by Gasteiger charge is 2.36. The molecule has 54 heavy (non-hydrogen) atoms. The summed E-state index contributed by atoms with van der Waals surface area (Å²) >= 11 is 0. The molecule has 0 N–H and O–H groups in total. The van der Waals surface area contributed by atoms with Gasteiger partial charge in [0.05, 0.1) is 18.5 Å². The average molecular weight is 774 g/mol. The lowest BCUT2D eigenvalue weighted by Crippen LogP contribution is -2.37. The van der Waals surface area contributed by atoms with Crippen LogP contribution < -0.4 is 4.90 Å². The Hall–Kier alpha value is -3.92. The van der Waals surface area contributed by atoms with Crippen molar-refractivity contribution in [3.8, 4) is 22.4 Å². The van der Waals surface area contributed by atoms with Crippen LogP contribution in [0.2, 0.25) is 51.4 Å². The second-order valence-electron chi connectivity index (χ2n) is 16.8. The van der Waals surface area contributed by atoms with E-state index in [0.29, 0.717) is 39.5 Å². The summed E-state index contributed by atoms with van der Waals surface area (Å²) in [7, 11) is -2.58. The van der Waals surface area contributed by atoms with Crippen LogP contribution in [0.4, 0.5) is 5.82 Å². The van der Waals surface area contributed by atoms with E-state index in [0.717, 1.165) is 64.5 Å². The number of rotatable bonds is 18. The van der Waals surface area contributed by atoms with E-state index >= 15 is 0 Å². The molecule has 3 heterocycles. The lowest BCUT2D eigenvalue weighted by Gasteiger charge is -2.32. The number of nitrogens with zero attached hydrogens (tertiary/aromatic N) is 5. The molecule has 1 aliphatic rings. The van der Waals surface area contributed by atoms with Crippen LogP contribution in [0.15, 0.2) is 60.9 Å². The Morgan fingerprint density at radius 2 is 1.52 bits per heavy atom. The second kappa shape index (κ2) is 18.6. The SMILES string of the molecule is CCOC(=O)C(OC(C)=O)C1CCC(c2cc(N(COCC[Si](C)(C)C)COCC[Si](C)(C)C)n3ncc(-c4ccc(-c5ccccc5)nc4)c3n2)CC1. The molecule has 11 nitrogen and oxygen atoms in total. The molecule has 5 rings (SSSR count). The van der Waals surface area contributed by atoms with Crippen molar-refractivity contribution in [3.05, 3.63) is 66.6 Å². The number of anilines is 1. The molecule has 1 saturated carbocycles. The van der Waals surface area contributed by atoms with Gasteiger partial charge in [0.2, 0.25) is 6.10 Å². The van der Waals surface area contributed by atoms with Crippen molar-refractivity contribution in [2.24, 2.45) is 5.92 Å². The van der Waals surface area contributed by atoms with Crippen molar-refractivity contribution in [2.75, 3.05) is 38.2 Å². The molecule has 0 radical (unpaired) electrons. The predicted molar refractivity (Wildman–Crippen MR) is 219 cm³/mol. The van der Waals surface area contributed by atoms with Gasteiger partial charge in [-0.25, -0.2) is 9.78 Å². The largest absolute Gasteiger partial charge is 0.463 e. The number of hydrogen-bond acceptors (Lipinski definition) is 10. The van der Waals surface area contributed by atoms with Gasteiger partial charge in [-0.2, -0.15) is 9.61 Å². The van der Waals surface area contributed by atoms with Crippen LogP contribution >= 0.6 is 0 Å². The Morgan fingerprint density at radius 1 is 0.870 bits per heavy atom. The Kier molecular flexibility index (Phi) is 14.2. The summed E-state index contributed by atoms with van der Waals surface area (Å²) in [6.07, 6.45) is 5.81. The summed E-state index contributed by atoms with van der Waals surface area (Å²) in [4.78, 5) is 37.0. The Morgan fingerprint density at radius 3 is 2.07 bits per heavy atom. The van der Waals surface area contributed by atoms with Crippen LogP contribution in [-0.2, 0) is 28.5 Å². The van der Waals surface area contributed by atoms with Gasteiger partial charge in [-0.15, -0.1) is 0 Å². The smallest absolute Gasteiger partial charge is 0.347 e.